The number of rotatable bonds is 3. The molecule has 0 N–H and O–H groups in total. The molecule has 0 atom stereocenters. The molecule has 0 aromatic carbocycles. The third kappa shape index (κ3) is 3.93. The first-order valence-electron chi connectivity index (χ1n) is 11.5. The third-order valence-corrected chi connectivity index (χ3v) is 6.69. The van der Waals surface area contributed by atoms with Gasteiger partial charge in [-0.05, 0) is 55.6 Å². The predicted molar refractivity (Wildman–Crippen MR) is 124 cm³/mol. The highest BCUT2D eigenvalue weighted by Crippen LogP contribution is 2.52. The van der Waals surface area contributed by atoms with Gasteiger partial charge in [0.1, 0.15) is 23.9 Å². The molecule has 4 heterocycles. The van der Waals surface area contributed by atoms with Gasteiger partial charge in [-0.2, -0.15) is 0 Å². The fraction of sp³-hybridized carbons (Fsp3) is 0.542. The number of aryl methyl sites for hydroxylation is 1. The molecule has 2 aliphatic rings. The standard InChI is InChI=1S/C22H26N6O.C2H6/c1-3-17-19-20(25-13-24-17)26-14-28(21(19)29)16-4-5-18(23-12-16)27-8-6-22(7-9-27)10-15(2)11-22;1-2/h4-5,12-15H,3,6-11H2,1-2H3;1-2H3. The fourth-order valence-corrected chi connectivity index (χ4v) is 5.21. The monoisotopic (exact) mass is 420 g/mol. The van der Waals surface area contributed by atoms with E-state index >= 15 is 0 Å². The first-order valence-corrected chi connectivity index (χ1v) is 11.5. The van der Waals surface area contributed by atoms with E-state index < -0.39 is 0 Å². The Labute approximate surface area is 183 Å². The third-order valence-electron chi connectivity index (χ3n) is 6.69. The van der Waals surface area contributed by atoms with Crippen LogP contribution >= 0.6 is 0 Å². The summed E-state index contributed by atoms with van der Waals surface area (Å²) in [6.07, 6.45) is 10.7. The zero-order chi connectivity index (χ0) is 22.0. The molecule has 7 heteroatoms. The fourth-order valence-electron chi connectivity index (χ4n) is 5.21. The van der Waals surface area contributed by atoms with Crippen LogP contribution in [-0.2, 0) is 6.42 Å². The Morgan fingerprint density at radius 3 is 2.42 bits per heavy atom. The molecule has 164 valence electrons. The lowest BCUT2D eigenvalue weighted by Crippen LogP contribution is -2.46. The predicted octanol–water partition coefficient (Wildman–Crippen LogP) is 4.18. The summed E-state index contributed by atoms with van der Waals surface area (Å²) in [5.41, 5.74) is 2.31. The van der Waals surface area contributed by atoms with Crippen molar-refractivity contribution in [3.05, 3.63) is 47.0 Å². The van der Waals surface area contributed by atoms with Crippen LogP contribution in [0.4, 0.5) is 5.82 Å². The largest absolute Gasteiger partial charge is 0.357 e. The van der Waals surface area contributed by atoms with Crippen molar-refractivity contribution in [2.45, 2.75) is 59.8 Å². The second-order valence-electron chi connectivity index (χ2n) is 8.67. The highest BCUT2D eigenvalue weighted by Gasteiger charge is 2.43. The van der Waals surface area contributed by atoms with E-state index in [9.17, 15) is 4.79 Å². The number of aromatic nitrogens is 5. The van der Waals surface area contributed by atoms with E-state index in [4.69, 9.17) is 0 Å². The zero-order valence-electron chi connectivity index (χ0n) is 19.0. The van der Waals surface area contributed by atoms with Crippen LogP contribution in [0.2, 0.25) is 0 Å². The summed E-state index contributed by atoms with van der Waals surface area (Å²) in [6, 6.07) is 3.96. The molecule has 1 saturated carbocycles. The van der Waals surface area contributed by atoms with Crippen molar-refractivity contribution in [2.24, 2.45) is 11.3 Å². The number of piperidine rings is 1. The van der Waals surface area contributed by atoms with Crippen LogP contribution in [0.25, 0.3) is 16.7 Å². The van der Waals surface area contributed by atoms with Crippen molar-refractivity contribution in [1.29, 1.82) is 0 Å². The van der Waals surface area contributed by atoms with E-state index in [0.717, 1.165) is 30.5 Å². The van der Waals surface area contributed by atoms with Gasteiger partial charge in [-0.1, -0.05) is 27.7 Å². The van der Waals surface area contributed by atoms with Crippen LogP contribution in [0.1, 0.15) is 59.1 Å². The molecule has 5 rings (SSSR count). The number of hydrogen-bond donors (Lipinski definition) is 0. The first-order chi connectivity index (χ1) is 15.1. The minimum Gasteiger partial charge on any atom is -0.357 e. The maximum absolute atomic E-state index is 13.0. The molecule has 3 aromatic rings. The molecule has 0 amide bonds. The molecule has 7 nitrogen and oxygen atoms in total. The van der Waals surface area contributed by atoms with E-state index in [1.807, 2.05) is 32.9 Å². The van der Waals surface area contributed by atoms with E-state index in [1.165, 1.54) is 42.9 Å². The molecule has 2 fully saturated rings. The van der Waals surface area contributed by atoms with Gasteiger partial charge in [-0.25, -0.2) is 19.9 Å². The SMILES string of the molecule is CC.CCc1ncnc2ncn(-c3ccc(N4CCC5(CC4)CC(C)C5)nc3)c(=O)c12. The van der Waals surface area contributed by atoms with Crippen molar-refractivity contribution in [1.82, 2.24) is 24.5 Å². The van der Waals surface area contributed by atoms with Crippen LogP contribution < -0.4 is 10.5 Å². The van der Waals surface area contributed by atoms with Crippen molar-refractivity contribution < 1.29 is 0 Å². The maximum Gasteiger partial charge on any atom is 0.269 e. The van der Waals surface area contributed by atoms with Crippen LogP contribution in [0.15, 0.2) is 35.8 Å². The number of pyridine rings is 1. The number of anilines is 1. The first kappa shape index (κ1) is 21.4. The Morgan fingerprint density at radius 1 is 1.06 bits per heavy atom. The summed E-state index contributed by atoms with van der Waals surface area (Å²) in [6.45, 7) is 10.5. The maximum atomic E-state index is 13.0. The molecular formula is C24H32N6O. The van der Waals surface area contributed by atoms with Gasteiger partial charge in [0.25, 0.3) is 5.56 Å². The molecule has 0 unspecified atom stereocenters. The second kappa shape index (κ2) is 8.73. The van der Waals surface area contributed by atoms with Gasteiger partial charge >= 0.3 is 0 Å². The lowest BCUT2D eigenvalue weighted by atomic mass is 9.58. The average molecular weight is 421 g/mol. The summed E-state index contributed by atoms with van der Waals surface area (Å²) >= 11 is 0. The van der Waals surface area contributed by atoms with Gasteiger partial charge in [0.15, 0.2) is 5.65 Å². The van der Waals surface area contributed by atoms with Gasteiger partial charge in [-0.3, -0.25) is 9.36 Å². The van der Waals surface area contributed by atoms with E-state index in [-0.39, 0.29) is 5.56 Å². The molecule has 31 heavy (non-hydrogen) atoms. The van der Waals surface area contributed by atoms with Crippen molar-refractivity contribution >= 4 is 16.9 Å². The summed E-state index contributed by atoms with van der Waals surface area (Å²) in [5, 5.41) is 0.484. The number of nitrogens with zero attached hydrogens (tertiary/aromatic N) is 6. The van der Waals surface area contributed by atoms with E-state index in [2.05, 4.69) is 31.8 Å². The Bertz CT molecular complexity index is 1090. The number of hydrogen-bond acceptors (Lipinski definition) is 6. The van der Waals surface area contributed by atoms with Gasteiger partial charge in [0.05, 0.1) is 17.6 Å². The van der Waals surface area contributed by atoms with Crippen LogP contribution in [0, 0.1) is 11.3 Å². The van der Waals surface area contributed by atoms with Gasteiger partial charge in [0.2, 0.25) is 0 Å². The van der Waals surface area contributed by atoms with E-state index in [0.29, 0.717) is 28.6 Å². The minimum atomic E-state index is -0.152. The van der Waals surface area contributed by atoms with Crippen molar-refractivity contribution in [3.63, 3.8) is 0 Å². The molecule has 0 bridgehead atoms. The Morgan fingerprint density at radius 2 is 1.81 bits per heavy atom. The Balaban J connectivity index is 0.00000112. The van der Waals surface area contributed by atoms with Crippen molar-refractivity contribution in [3.8, 4) is 5.69 Å². The van der Waals surface area contributed by atoms with Crippen LogP contribution in [0.3, 0.4) is 0 Å². The van der Waals surface area contributed by atoms with Crippen LogP contribution in [0.5, 0.6) is 0 Å². The lowest BCUT2D eigenvalue weighted by Gasteiger charge is -2.51. The van der Waals surface area contributed by atoms with Gasteiger partial charge < -0.3 is 4.90 Å². The molecular weight excluding hydrogens is 388 g/mol. The topological polar surface area (TPSA) is 76.8 Å². The normalized spacial score (nSPS) is 17.9. The summed E-state index contributed by atoms with van der Waals surface area (Å²) in [7, 11) is 0. The summed E-state index contributed by atoms with van der Waals surface area (Å²) < 4.78 is 1.53. The molecule has 1 saturated heterocycles. The highest BCUT2D eigenvalue weighted by atomic mass is 16.1. The molecule has 1 aliphatic heterocycles. The van der Waals surface area contributed by atoms with Crippen molar-refractivity contribution in [2.75, 3.05) is 18.0 Å². The minimum absolute atomic E-state index is 0.152. The van der Waals surface area contributed by atoms with Gasteiger partial charge in [0, 0.05) is 13.1 Å². The molecule has 0 radical (unpaired) electrons. The van der Waals surface area contributed by atoms with Crippen LogP contribution in [-0.4, -0.2) is 37.6 Å². The Kier molecular flexibility index (Phi) is 6.03. The summed E-state index contributed by atoms with van der Waals surface area (Å²) in [5.74, 6) is 1.88. The average Bonchev–Trinajstić information content (AvgIpc) is 2.80. The quantitative estimate of drug-likeness (QED) is 0.633. The molecule has 1 aliphatic carbocycles. The molecule has 1 spiro atoms. The highest BCUT2D eigenvalue weighted by molar-refractivity contribution is 5.76. The second-order valence-corrected chi connectivity index (χ2v) is 8.67. The lowest BCUT2D eigenvalue weighted by molar-refractivity contribution is 0.0380. The Hall–Kier alpha value is -2.83. The summed E-state index contributed by atoms with van der Waals surface area (Å²) in [4.78, 5) is 32.8. The number of fused-ring (bicyclic) bond motifs is 1. The smallest absolute Gasteiger partial charge is 0.269 e. The molecule has 3 aromatic heterocycles. The zero-order valence-corrected chi connectivity index (χ0v) is 19.0. The van der Waals surface area contributed by atoms with Gasteiger partial charge in [-0.15, -0.1) is 0 Å². The van der Waals surface area contributed by atoms with E-state index in [1.54, 1.807) is 6.20 Å².